The second kappa shape index (κ2) is 4.34. The molecule has 0 saturated heterocycles. The first-order valence-electron chi connectivity index (χ1n) is 5.14. The number of esters is 1. The SMILES string of the molecule is COC(=O)C#Cc1c(C)ccc2c1C(=O)C(=O)N2. The van der Waals surface area contributed by atoms with Crippen molar-refractivity contribution in [3.8, 4) is 11.8 Å². The average Bonchev–Trinajstić information content (AvgIpc) is 2.64. The molecule has 0 atom stereocenters. The maximum atomic E-state index is 11.7. The molecule has 1 amide bonds. The van der Waals surface area contributed by atoms with Gasteiger partial charge in [-0.1, -0.05) is 12.0 Å². The normalized spacial score (nSPS) is 12.3. The average molecular weight is 243 g/mol. The number of rotatable bonds is 0. The van der Waals surface area contributed by atoms with E-state index in [2.05, 4.69) is 21.9 Å². The Hall–Kier alpha value is -2.61. The van der Waals surface area contributed by atoms with Crippen LogP contribution in [0.5, 0.6) is 0 Å². The summed E-state index contributed by atoms with van der Waals surface area (Å²) in [5.74, 6) is 2.81. The summed E-state index contributed by atoms with van der Waals surface area (Å²) in [5.41, 5.74) is 1.73. The van der Waals surface area contributed by atoms with Crippen LogP contribution in [0.25, 0.3) is 0 Å². The fraction of sp³-hybridized carbons (Fsp3) is 0.154. The van der Waals surface area contributed by atoms with Crippen molar-refractivity contribution in [2.45, 2.75) is 6.92 Å². The molecule has 5 nitrogen and oxygen atoms in total. The summed E-state index contributed by atoms with van der Waals surface area (Å²) in [7, 11) is 1.22. The summed E-state index contributed by atoms with van der Waals surface area (Å²) < 4.78 is 4.40. The van der Waals surface area contributed by atoms with Gasteiger partial charge in [0, 0.05) is 11.5 Å². The Morgan fingerprint density at radius 2 is 2.06 bits per heavy atom. The van der Waals surface area contributed by atoms with E-state index in [0.29, 0.717) is 11.3 Å². The third kappa shape index (κ3) is 1.84. The van der Waals surface area contributed by atoms with E-state index in [9.17, 15) is 14.4 Å². The lowest BCUT2D eigenvalue weighted by Gasteiger charge is -2.03. The number of anilines is 1. The molecule has 0 saturated carbocycles. The van der Waals surface area contributed by atoms with Gasteiger partial charge < -0.3 is 10.1 Å². The minimum atomic E-state index is -0.697. The number of hydrogen-bond acceptors (Lipinski definition) is 4. The fourth-order valence-electron chi connectivity index (χ4n) is 1.67. The van der Waals surface area contributed by atoms with Gasteiger partial charge in [-0.2, -0.15) is 0 Å². The number of carbonyl (C=O) groups is 3. The Labute approximate surface area is 103 Å². The van der Waals surface area contributed by atoms with Crippen molar-refractivity contribution in [3.63, 3.8) is 0 Å². The van der Waals surface area contributed by atoms with Crippen LogP contribution in [-0.4, -0.2) is 24.8 Å². The minimum Gasteiger partial charge on any atom is -0.459 e. The fourth-order valence-corrected chi connectivity index (χ4v) is 1.67. The van der Waals surface area contributed by atoms with Crippen LogP contribution in [0.2, 0.25) is 0 Å². The van der Waals surface area contributed by atoms with Gasteiger partial charge in [0.05, 0.1) is 18.4 Å². The molecule has 0 fully saturated rings. The molecule has 5 heteroatoms. The van der Waals surface area contributed by atoms with Crippen molar-refractivity contribution in [2.24, 2.45) is 0 Å². The van der Waals surface area contributed by atoms with Gasteiger partial charge in [-0.15, -0.1) is 0 Å². The molecule has 1 aliphatic rings. The number of methoxy groups -OCH3 is 1. The molecular weight excluding hydrogens is 234 g/mol. The molecule has 18 heavy (non-hydrogen) atoms. The second-order valence-electron chi connectivity index (χ2n) is 3.70. The number of ketones is 1. The van der Waals surface area contributed by atoms with Crippen molar-refractivity contribution in [3.05, 3.63) is 28.8 Å². The van der Waals surface area contributed by atoms with Gasteiger partial charge in [-0.3, -0.25) is 9.59 Å². The Morgan fingerprint density at radius 1 is 1.33 bits per heavy atom. The number of hydrogen-bond donors (Lipinski definition) is 1. The van der Waals surface area contributed by atoms with Crippen LogP contribution < -0.4 is 5.32 Å². The molecule has 1 heterocycles. The van der Waals surface area contributed by atoms with E-state index in [0.717, 1.165) is 5.56 Å². The van der Waals surface area contributed by atoms with Crippen LogP contribution in [0.1, 0.15) is 21.5 Å². The van der Waals surface area contributed by atoms with E-state index in [1.54, 1.807) is 19.1 Å². The summed E-state index contributed by atoms with van der Waals surface area (Å²) in [4.78, 5) is 34.0. The number of Topliss-reactive ketones (excluding diaryl/α,β-unsaturated/α-hetero) is 1. The summed E-state index contributed by atoms with van der Waals surface area (Å²) in [6.45, 7) is 1.75. The van der Waals surface area contributed by atoms with Crippen molar-refractivity contribution in [1.82, 2.24) is 0 Å². The molecule has 0 spiro atoms. The highest BCUT2D eigenvalue weighted by atomic mass is 16.5. The zero-order valence-corrected chi connectivity index (χ0v) is 9.79. The highest BCUT2D eigenvalue weighted by Gasteiger charge is 2.30. The molecule has 0 aliphatic carbocycles. The lowest BCUT2D eigenvalue weighted by molar-refractivity contribution is -0.133. The molecular formula is C13H9NO4. The zero-order valence-electron chi connectivity index (χ0n) is 9.79. The molecule has 0 radical (unpaired) electrons. The zero-order chi connectivity index (χ0) is 13.3. The van der Waals surface area contributed by atoms with Gasteiger partial charge >= 0.3 is 5.97 Å². The molecule has 1 N–H and O–H groups in total. The standard InChI is InChI=1S/C13H9NO4/c1-7-3-5-9-11(12(16)13(17)14-9)8(7)4-6-10(15)18-2/h3,5H,1-2H3,(H,14,16,17). The van der Waals surface area contributed by atoms with E-state index in [1.165, 1.54) is 7.11 Å². The number of amides is 1. The van der Waals surface area contributed by atoms with Gasteiger partial charge in [0.25, 0.3) is 11.7 Å². The first-order chi connectivity index (χ1) is 8.54. The molecule has 90 valence electrons. The van der Waals surface area contributed by atoms with Crippen molar-refractivity contribution < 1.29 is 19.1 Å². The molecule has 1 aliphatic heterocycles. The molecule has 2 rings (SSSR count). The van der Waals surface area contributed by atoms with Gasteiger partial charge in [0.15, 0.2) is 0 Å². The lowest BCUT2D eigenvalue weighted by Crippen LogP contribution is -2.13. The van der Waals surface area contributed by atoms with Gasteiger partial charge in [0.2, 0.25) is 0 Å². The van der Waals surface area contributed by atoms with E-state index in [-0.39, 0.29) is 5.56 Å². The topological polar surface area (TPSA) is 72.5 Å². The first-order valence-corrected chi connectivity index (χ1v) is 5.14. The van der Waals surface area contributed by atoms with Crippen molar-refractivity contribution in [2.75, 3.05) is 12.4 Å². The number of aryl methyl sites for hydroxylation is 1. The number of nitrogens with one attached hydrogen (secondary N) is 1. The van der Waals surface area contributed by atoms with Crippen LogP contribution in [0.4, 0.5) is 5.69 Å². The summed E-state index contributed by atoms with van der Waals surface area (Å²) in [6.07, 6.45) is 0. The Bertz CT molecular complexity index is 634. The van der Waals surface area contributed by atoms with Crippen LogP contribution in [0, 0.1) is 18.8 Å². The second-order valence-corrected chi connectivity index (χ2v) is 3.70. The maximum Gasteiger partial charge on any atom is 0.384 e. The summed E-state index contributed by atoms with van der Waals surface area (Å²) in [6, 6.07) is 3.36. The minimum absolute atomic E-state index is 0.219. The molecule has 1 aromatic carbocycles. The predicted octanol–water partition coefficient (Wildman–Crippen LogP) is 0.654. The molecule has 0 aromatic heterocycles. The third-order valence-corrected chi connectivity index (χ3v) is 2.57. The highest BCUT2D eigenvalue weighted by molar-refractivity contribution is 6.52. The van der Waals surface area contributed by atoms with E-state index < -0.39 is 17.7 Å². The van der Waals surface area contributed by atoms with E-state index in [4.69, 9.17) is 0 Å². The maximum absolute atomic E-state index is 11.7. The van der Waals surface area contributed by atoms with Crippen LogP contribution >= 0.6 is 0 Å². The molecule has 0 bridgehead atoms. The number of fused-ring (bicyclic) bond motifs is 1. The van der Waals surface area contributed by atoms with Crippen molar-refractivity contribution in [1.29, 1.82) is 0 Å². The third-order valence-electron chi connectivity index (χ3n) is 2.57. The Balaban J connectivity index is 2.58. The smallest absolute Gasteiger partial charge is 0.384 e. The van der Waals surface area contributed by atoms with E-state index >= 15 is 0 Å². The highest BCUT2D eigenvalue weighted by Crippen LogP contribution is 2.28. The van der Waals surface area contributed by atoms with Crippen molar-refractivity contribution >= 4 is 23.3 Å². The quantitative estimate of drug-likeness (QED) is 0.412. The van der Waals surface area contributed by atoms with Crippen LogP contribution in [0.15, 0.2) is 12.1 Å². The van der Waals surface area contributed by atoms with E-state index in [1.807, 2.05) is 0 Å². The Morgan fingerprint density at radius 3 is 2.72 bits per heavy atom. The molecule has 0 unspecified atom stereocenters. The van der Waals surface area contributed by atoms with Gasteiger partial charge in [-0.05, 0) is 18.6 Å². The first kappa shape index (κ1) is 11.9. The summed E-state index contributed by atoms with van der Waals surface area (Å²) in [5, 5.41) is 2.44. The number of ether oxygens (including phenoxy) is 1. The lowest BCUT2D eigenvalue weighted by atomic mass is 9.99. The Kier molecular flexibility index (Phi) is 2.86. The van der Waals surface area contributed by atoms with Gasteiger partial charge in [0.1, 0.15) is 0 Å². The van der Waals surface area contributed by atoms with Gasteiger partial charge in [-0.25, -0.2) is 4.79 Å². The summed E-state index contributed by atoms with van der Waals surface area (Å²) >= 11 is 0. The number of carbonyl (C=O) groups excluding carboxylic acids is 3. The monoisotopic (exact) mass is 243 g/mol. The van der Waals surface area contributed by atoms with Crippen LogP contribution in [0.3, 0.4) is 0 Å². The molecule has 1 aromatic rings. The largest absolute Gasteiger partial charge is 0.459 e. The number of benzene rings is 1. The van der Waals surface area contributed by atoms with Crippen LogP contribution in [-0.2, 0) is 14.3 Å². The predicted molar refractivity (Wildman–Crippen MR) is 63.0 cm³/mol.